The predicted molar refractivity (Wildman–Crippen MR) is 164 cm³/mol. The van der Waals surface area contributed by atoms with Gasteiger partial charge in [-0.1, -0.05) is 48.5 Å². The SMILES string of the molecule is CC(C)(C(=O)c1ccc(C(CCCC(=O)O)(C(=O)O)c2ccc(C(=O)C(C)(C)N3CCOCC3)cc2)cc1)N1CCOCC1. The van der Waals surface area contributed by atoms with Crippen LogP contribution >= 0.6 is 0 Å². The van der Waals surface area contributed by atoms with Crippen LogP contribution in [0, 0.1) is 0 Å². The Bertz CT molecular complexity index is 1250. The van der Waals surface area contributed by atoms with Crippen molar-refractivity contribution in [2.75, 3.05) is 52.6 Å². The van der Waals surface area contributed by atoms with Gasteiger partial charge in [-0.05, 0) is 51.7 Å². The highest BCUT2D eigenvalue weighted by Gasteiger charge is 2.43. The summed E-state index contributed by atoms with van der Waals surface area (Å²) in [6.45, 7) is 12.3. The molecule has 2 aliphatic rings. The van der Waals surface area contributed by atoms with Crippen molar-refractivity contribution in [3.05, 3.63) is 70.8 Å². The number of ether oxygens (including phenoxy) is 2. The van der Waals surface area contributed by atoms with Gasteiger partial charge in [-0.2, -0.15) is 0 Å². The normalized spacial score (nSPS) is 17.3. The van der Waals surface area contributed by atoms with E-state index < -0.39 is 28.4 Å². The lowest BCUT2D eigenvalue weighted by Crippen LogP contribution is -2.54. The molecule has 0 unspecified atom stereocenters. The third kappa shape index (κ3) is 6.78. The van der Waals surface area contributed by atoms with Gasteiger partial charge in [-0.3, -0.25) is 29.0 Å². The van der Waals surface area contributed by atoms with E-state index in [1.807, 2.05) is 27.7 Å². The fourth-order valence-electron chi connectivity index (χ4n) is 6.36. The molecule has 2 saturated heterocycles. The highest BCUT2D eigenvalue weighted by atomic mass is 16.5. The van der Waals surface area contributed by atoms with Gasteiger partial charge in [0.25, 0.3) is 0 Å². The Kier molecular flexibility index (Phi) is 10.4. The van der Waals surface area contributed by atoms with E-state index in [1.165, 1.54) is 0 Å². The summed E-state index contributed by atoms with van der Waals surface area (Å²) in [5.74, 6) is -2.31. The molecule has 2 fully saturated rings. The molecule has 0 amide bonds. The van der Waals surface area contributed by atoms with E-state index in [4.69, 9.17) is 9.47 Å². The molecule has 10 heteroatoms. The Balaban J connectivity index is 1.67. The van der Waals surface area contributed by atoms with Gasteiger partial charge in [0.15, 0.2) is 11.6 Å². The van der Waals surface area contributed by atoms with Crippen molar-refractivity contribution in [3.63, 3.8) is 0 Å². The molecule has 2 heterocycles. The first-order valence-electron chi connectivity index (χ1n) is 15.2. The minimum absolute atomic E-state index is 0.0216. The minimum atomic E-state index is -1.59. The van der Waals surface area contributed by atoms with Crippen LogP contribution in [0.4, 0.5) is 0 Å². The van der Waals surface area contributed by atoms with Gasteiger partial charge in [0.2, 0.25) is 0 Å². The maximum Gasteiger partial charge on any atom is 0.318 e. The third-order valence-corrected chi connectivity index (χ3v) is 9.30. The van der Waals surface area contributed by atoms with Gasteiger partial charge >= 0.3 is 11.9 Å². The number of nitrogens with zero attached hydrogens (tertiary/aromatic N) is 2. The number of ketones is 2. The molecule has 0 saturated carbocycles. The number of hydrogen-bond acceptors (Lipinski definition) is 8. The molecule has 2 aromatic carbocycles. The summed E-state index contributed by atoms with van der Waals surface area (Å²) in [5.41, 5.74) is -1.34. The van der Waals surface area contributed by atoms with E-state index in [2.05, 4.69) is 9.80 Å². The molecule has 0 atom stereocenters. The molecule has 2 aliphatic heterocycles. The number of carbonyl (C=O) groups is 4. The number of hydrogen-bond donors (Lipinski definition) is 2. The number of carboxylic acid groups (broad SMARTS) is 2. The smallest absolute Gasteiger partial charge is 0.318 e. The van der Waals surface area contributed by atoms with Crippen molar-refractivity contribution in [1.29, 1.82) is 0 Å². The summed E-state index contributed by atoms with van der Waals surface area (Å²) >= 11 is 0. The number of morpholine rings is 2. The average Bonchev–Trinajstić information content (AvgIpc) is 3.03. The zero-order chi connectivity index (χ0) is 32.1. The van der Waals surface area contributed by atoms with Crippen LogP contribution in [0.5, 0.6) is 0 Å². The predicted octanol–water partition coefficient (Wildman–Crippen LogP) is 3.90. The van der Waals surface area contributed by atoms with Crippen LogP contribution in [0.1, 0.15) is 78.8 Å². The molecule has 4 rings (SSSR count). The molecule has 0 aliphatic carbocycles. The first-order valence-corrected chi connectivity index (χ1v) is 15.2. The van der Waals surface area contributed by atoms with Crippen molar-refractivity contribution in [1.82, 2.24) is 9.80 Å². The van der Waals surface area contributed by atoms with E-state index in [1.54, 1.807) is 48.5 Å². The Morgan fingerprint density at radius 2 is 1.02 bits per heavy atom. The summed E-state index contributed by atoms with van der Waals surface area (Å²) < 4.78 is 10.9. The Labute approximate surface area is 258 Å². The zero-order valence-electron chi connectivity index (χ0n) is 26.1. The number of aliphatic carboxylic acids is 2. The molecule has 2 aromatic rings. The summed E-state index contributed by atoms with van der Waals surface area (Å²) in [4.78, 5) is 55.8. The van der Waals surface area contributed by atoms with E-state index in [9.17, 15) is 29.4 Å². The Hall–Kier alpha value is -3.44. The topological polar surface area (TPSA) is 134 Å². The molecule has 0 radical (unpaired) electrons. The molecule has 0 spiro atoms. The van der Waals surface area contributed by atoms with Crippen molar-refractivity contribution in [2.45, 2.75) is 63.5 Å². The van der Waals surface area contributed by atoms with Crippen LogP contribution in [0.3, 0.4) is 0 Å². The van der Waals surface area contributed by atoms with Gasteiger partial charge in [-0.15, -0.1) is 0 Å². The second-order valence-corrected chi connectivity index (χ2v) is 12.6. The molecule has 0 bridgehead atoms. The number of benzene rings is 2. The molecular weight excluding hydrogens is 564 g/mol. The van der Waals surface area contributed by atoms with Crippen LogP contribution in [0.25, 0.3) is 0 Å². The monoisotopic (exact) mass is 608 g/mol. The number of carboxylic acids is 2. The fourth-order valence-corrected chi connectivity index (χ4v) is 6.36. The quantitative estimate of drug-likeness (QED) is 0.323. The number of carbonyl (C=O) groups excluding carboxylic acids is 2. The van der Waals surface area contributed by atoms with Crippen molar-refractivity contribution in [3.8, 4) is 0 Å². The summed E-state index contributed by atoms with van der Waals surface area (Å²) in [6, 6.07) is 13.2. The molecule has 2 N–H and O–H groups in total. The molecule has 238 valence electrons. The summed E-state index contributed by atoms with van der Waals surface area (Å²) in [5, 5.41) is 20.0. The Morgan fingerprint density at radius 3 is 1.34 bits per heavy atom. The summed E-state index contributed by atoms with van der Waals surface area (Å²) in [6.07, 6.45) is -0.0471. The van der Waals surface area contributed by atoms with Gasteiger partial charge in [0.05, 0.1) is 37.5 Å². The lowest BCUT2D eigenvalue weighted by atomic mass is 9.70. The number of Topliss-reactive ketones (excluding diaryl/α,β-unsaturated/α-hetero) is 2. The van der Waals surface area contributed by atoms with Crippen LogP contribution in [0.2, 0.25) is 0 Å². The second-order valence-electron chi connectivity index (χ2n) is 12.6. The van der Waals surface area contributed by atoms with Crippen LogP contribution in [0.15, 0.2) is 48.5 Å². The van der Waals surface area contributed by atoms with Gasteiger partial charge in [0.1, 0.15) is 5.41 Å². The maximum atomic E-state index is 13.6. The first-order chi connectivity index (χ1) is 20.8. The fraction of sp³-hybridized carbons (Fsp3) is 0.529. The van der Waals surface area contributed by atoms with E-state index >= 15 is 0 Å². The first kappa shape index (κ1) is 33.5. The standard InChI is InChI=1S/C34H44N2O8/c1-32(2,35-16-20-43-21-17-35)29(39)24-7-11-26(12-8-24)34(31(41)42,15-5-6-28(37)38)27-13-9-25(10-14-27)30(40)33(3,4)36-18-22-44-23-19-36/h7-14H,5-6,15-23H2,1-4H3,(H,37,38)(H,41,42). The minimum Gasteiger partial charge on any atom is -0.481 e. The molecule has 44 heavy (non-hydrogen) atoms. The van der Waals surface area contributed by atoms with E-state index in [-0.39, 0.29) is 30.8 Å². The van der Waals surface area contributed by atoms with Crippen molar-refractivity contribution < 1.29 is 38.9 Å². The maximum absolute atomic E-state index is 13.6. The van der Waals surface area contributed by atoms with E-state index in [0.717, 1.165) is 0 Å². The molecule has 0 aromatic heterocycles. The van der Waals surface area contributed by atoms with Crippen molar-refractivity contribution >= 4 is 23.5 Å². The highest BCUT2D eigenvalue weighted by Crippen LogP contribution is 2.39. The largest absolute Gasteiger partial charge is 0.481 e. The number of rotatable bonds is 13. The zero-order valence-corrected chi connectivity index (χ0v) is 26.1. The summed E-state index contributed by atoms with van der Waals surface area (Å²) in [7, 11) is 0. The Morgan fingerprint density at radius 1 is 0.659 bits per heavy atom. The highest BCUT2D eigenvalue weighted by molar-refractivity contribution is 6.03. The van der Waals surface area contributed by atoms with Crippen LogP contribution in [-0.2, 0) is 24.5 Å². The van der Waals surface area contributed by atoms with Crippen molar-refractivity contribution in [2.24, 2.45) is 0 Å². The van der Waals surface area contributed by atoms with Crippen LogP contribution < -0.4 is 0 Å². The van der Waals surface area contributed by atoms with Crippen LogP contribution in [-0.4, -0.2) is 107 Å². The van der Waals surface area contributed by atoms with Gasteiger partial charge in [0, 0.05) is 43.7 Å². The van der Waals surface area contributed by atoms with E-state index in [0.29, 0.717) is 74.9 Å². The average molecular weight is 609 g/mol. The molecule has 10 nitrogen and oxygen atoms in total. The van der Waals surface area contributed by atoms with Gasteiger partial charge < -0.3 is 19.7 Å². The lowest BCUT2D eigenvalue weighted by Gasteiger charge is -2.39. The lowest BCUT2D eigenvalue weighted by molar-refractivity contribution is -0.143. The third-order valence-electron chi connectivity index (χ3n) is 9.30. The second kappa shape index (κ2) is 13.7. The van der Waals surface area contributed by atoms with Gasteiger partial charge in [-0.25, -0.2) is 0 Å². The molecular formula is C34H44N2O8.